The van der Waals surface area contributed by atoms with E-state index in [0.717, 1.165) is 16.7 Å². The van der Waals surface area contributed by atoms with E-state index in [1.807, 2.05) is 59.2 Å². The fourth-order valence-corrected chi connectivity index (χ4v) is 4.53. The van der Waals surface area contributed by atoms with Gasteiger partial charge in [-0.05, 0) is 24.3 Å². The Bertz CT molecular complexity index is 1100. The molecule has 26 heavy (non-hydrogen) atoms. The summed E-state index contributed by atoms with van der Waals surface area (Å²) >= 11 is 0. The lowest BCUT2D eigenvalue weighted by atomic mass is 10.1. The number of para-hydroxylation sites is 3. The minimum Gasteiger partial charge on any atom is -0.296 e. The number of nitrogens with zero attached hydrogens (tertiary/aromatic N) is 2. The van der Waals surface area contributed by atoms with E-state index in [1.54, 1.807) is 6.08 Å². The molecule has 3 aromatic rings. The SMILES string of the molecule is O=C(CC1C=CS(=O)(=O)C1)Nc1nc2ccccc2n1-c1ccccc1. The summed E-state index contributed by atoms with van der Waals surface area (Å²) in [6.07, 6.45) is 1.68. The lowest BCUT2D eigenvalue weighted by Gasteiger charge is -2.11. The predicted octanol–water partition coefficient (Wildman–Crippen LogP) is 2.91. The molecule has 1 aromatic heterocycles. The number of hydrogen-bond acceptors (Lipinski definition) is 4. The minimum absolute atomic E-state index is 0.0183. The summed E-state index contributed by atoms with van der Waals surface area (Å²) in [5.41, 5.74) is 2.55. The number of carbonyl (C=O) groups is 1. The Morgan fingerprint density at radius 2 is 1.85 bits per heavy atom. The van der Waals surface area contributed by atoms with Gasteiger partial charge < -0.3 is 0 Å². The van der Waals surface area contributed by atoms with Crippen LogP contribution < -0.4 is 5.32 Å². The van der Waals surface area contributed by atoms with E-state index in [4.69, 9.17) is 0 Å². The molecule has 132 valence electrons. The smallest absolute Gasteiger partial charge is 0.227 e. The number of allylic oxidation sites excluding steroid dienone is 1. The van der Waals surface area contributed by atoms with Gasteiger partial charge in [0.15, 0.2) is 9.84 Å². The normalized spacial score (nSPS) is 18.2. The van der Waals surface area contributed by atoms with E-state index in [1.165, 1.54) is 5.41 Å². The number of imidazole rings is 1. The predicted molar refractivity (Wildman–Crippen MR) is 101 cm³/mol. The van der Waals surface area contributed by atoms with Gasteiger partial charge >= 0.3 is 0 Å². The third-order valence-electron chi connectivity index (χ3n) is 4.28. The number of nitrogens with one attached hydrogen (secondary N) is 1. The van der Waals surface area contributed by atoms with Gasteiger partial charge in [-0.1, -0.05) is 36.4 Å². The summed E-state index contributed by atoms with van der Waals surface area (Å²) in [5, 5.41) is 4.02. The van der Waals surface area contributed by atoms with Gasteiger partial charge in [0.1, 0.15) is 0 Å². The summed E-state index contributed by atoms with van der Waals surface area (Å²) in [6, 6.07) is 17.3. The number of fused-ring (bicyclic) bond motifs is 1. The first-order valence-electron chi connectivity index (χ1n) is 8.25. The van der Waals surface area contributed by atoms with Gasteiger partial charge in [0.2, 0.25) is 11.9 Å². The second-order valence-electron chi connectivity index (χ2n) is 6.27. The Morgan fingerprint density at radius 1 is 1.12 bits per heavy atom. The Morgan fingerprint density at radius 3 is 2.58 bits per heavy atom. The first-order chi connectivity index (χ1) is 12.5. The Balaban J connectivity index is 1.64. The largest absolute Gasteiger partial charge is 0.296 e. The maximum atomic E-state index is 12.4. The zero-order valence-corrected chi connectivity index (χ0v) is 14.7. The fourth-order valence-electron chi connectivity index (χ4n) is 3.13. The van der Waals surface area contributed by atoms with E-state index in [2.05, 4.69) is 10.3 Å². The average Bonchev–Trinajstić information content (AvgIpc) is 3.14. The van der Waals surface area contributed by atoms with Crippen molar-refractivity contribution in [3.8, 4) is 5.69 Å². The van der Waals surface area contributed by atoms with Crippen molar-refractivity contribution in [2.24, 2.45) is 5.92 Å². The minimum atomic E-state index is -3.17. The lowest BCUT2D eigenvalue weighted by Crippen LogP contribution is -2.19. The maximum absolute atomic E-state index is 12.4. The highest BCUT2D eigenvalue weighted by molar-refractivity contribution is 7.94. The molecule has 1 unspecified atom stereocenters. The highest BCUT2D eigenvalue weighted by atomic mass is 32.2. The van der Waals surface area contributed by atoms with Gasteiger partial charge in [-0.3, -0.25) is 14.7 Å². The molecular weight excluding hydrogens is 350 g/mol. The topological polar surface area (TPSA) is 81.1 Å². The van der Waals surface area contributed by atoms with E-state index < -0.39 is 9.84 Å². The van der Waals surface area contributed by atoms with Crippen molar-refractivity contribution in [3.63, 3.8) is 0 Å². The van der Waals surface area contributed by atoms with Crippen molar-refractivity contribution in [1.82, 2.24) is 9.55 Å². The number of benzene rings is 2. The van der Waals surface area contributed by atoms with Crippen LogP contribution in [0.25, 0.3) is 16.7 Å². The van der Waals surface area contributed by atoms with Crippen molar-refractivity contribution >= 4 is 32.7 Å². The van der Waals surface area contributed by atoms with Gasteiger partial charge in [-0.15, -0.1) is 0 Å². The van der Waals surface area contributed by atoms with Crippen LogP contribution in [0.4, 0.5) is 5.95 Å². The highest BCUT2D eigenvalue weighted by Crippen LogP contribution is 2.25. The Hall–Kier alpha value is -2.93. The summed E-state index contributed by atoms with van der Waals surface area (Å²) < 4.78 is 24.9. The Labute approximate surface area is 151 Å². The van der Waals surface area contributed by atoms with Crippen LogP contribution in [0.15, 0.2) is 66.1 Å². The van der Waals surface area contributed by atoms with Crippen molar-refractivity contribution < 1.29 is 13.2 Å². The van der Waals surface area contributed by atoms with Gasteiger partial charge in [-0.25, -0.2) is 13.4 Å². The van der Waals surface area contributed by atoms with Gasteiger partial charge in [0, 0.05) is 23.4 Å². The molecule has 1 N–H and O–H groups in total. The van der Waals surface area contributed by atoms with E-state index >= 15 is 0 Å². The fraction of sp³-hybridized carbons (Fsp3) is 0.158. The number of anilines is 1. The maximum Gasteiger partial charge on any atom is 0.227 e. The monoisotopic (exact) mass is 367 g/mol. The first kappa shape index (κ1) is 16.5. The molecule has 0 aliphatic carbocycles. The molecular formula is C19H17N3O3S. The molecule has 1 aliphatic heterocycles. The molecule has 1 amide bonds. The average molecular weight is 367 g/mol. The second-order valence-corrected chi connectivity index (χ2v) is 8.20. The molecule has 7 heteroatoms. The number of aromatic nitrogens is 2. The highest BCUT2D eigenvalue weighted by Gasteiger charge is 2.24. The molecule has 1 aliphatic rings. The molecule has 0 saturated carbocycles. The number of sulfone groups is 1. The lowest BCUT2D eigenvalue weighted by molar-refractivity contribution is -0.116. The van der Waals surface area contributed by atoms with E-state index in [-0.39, 0.29) is 24.0 Å². The molecule has 0 radical (unpaired) electrons. The molecule has 0 saturated heterocycles. The summed E-state index contributed by atoms with van der Waals surface area (Å²) in [7, 11) is -3.17. The second kappa shape index (κ2) is 6.42. The number of rotatable bonds is 4. The molecule has 2 aromatic carbocycles. The van der Waals surface area contributed by atoms with Crippen molar-refractivity contribution in [2.45, 2.75) is 6.42 Å². The Kier molecular flexibility index (Phi) is 4.08. The summed E-state index contributed by atoms with van der Waals surface area (Å²) in [5.74, 6) is -0.152. The molecule has 0 fully saturated rings. The first-order valence-corrected chi connectivity index (χ1v) is 9.97. The van der Waals surface area contributed by atoms with E-state index in [9.17, 15) is 13.2 Å². The molecule has 6 nitrogen and oxygen atoms in total. The van der Waals surface area contributed by atoms with Crippen LogP contribution in [0.2, 0.25) is 0 Å². The molecule has 1 atom stereocenters. The van der Waals surface area contributed by atoms with Crippen molar-refractivity contribution in [3.05, 3.63) is 66.1 Å². The molecule has 4 rings (SSSR count). The standard InChI is InChI=1S/C19H17N3O3S/c23-18(12-14-10-11-26(24,25)13-14)21-19-20-16-8-4-5-9-17(16)22(19)15-6-2-1-3-7-15/h1-11,14H,12-13H2,(H,20,21,23). The third kappa shape index (κ3) is 3.25. The van der Waals surface area contributed by atoms with Crippen LogP contribution in [0, 0.1) is 5.92 Å². The van der Waals surface area contributed by atoms with Crippen LogP contribution in [0.1, 0.15) is 6.42 Å². The summed E-state index contributed by atoms with van der Waals surface area (Å²) in [6.45, 7) is 0. The van der Waals surface area contributed by atoms with Crippen molar-refractivity contribution in [1.29, 1.82) is 0 Å². The van der Waals surface area contributed by atoms with Crippen LogP contribution >= 0.6 is 0 Å². The number of hydrogen-bond donors (Lipinski definition) is 1. The van der Waals surface area contributed by atoms with Gasteiger partial charge in [0.25, 0.3) is 0 Å². The van der Waals surface area contributed by atoms with E-state index in [0.29, 0.717) is 5.95 Å². The quantitative estimate of drug-likeness (QED) is 0.769. The molecule has 2 heterocycles. The summed E-state index contributed by atoms with van der Waals surface area (Å²) in [4.78, 5) is 17.0. The van der Waals surface area contributed by atoms with Crippen LogP contribution in [-0.2, 0) is 14.6 Å². The third-order valence-corrected chi connectivity index (χ3v) is 5.74. The zero-order chi connectivity index (χ0) is 18.1. The van der Waals surface area contributed by atoms with Gasteiger partial charge in [-0.2, -0.15) is 0 Å². The van der Waals surface area contributed by atoms with Crippen LogP contribution in [0.5, 0.6) is 0 Å². The van der Waals surface area contributed by atoms with Crippen LogP contribution in [0.3, 0.4) is 0 Å². The molecule has 0 bridgehead atoms. The molecule has 0 spiro atoms. The van der Waals surface area contributed by atoms with Crippen LogP contribution in [-0.4, -0.2) is 29.6 Å². The number of carbonyl (C=O) groups excluding carboxylic acids is 1. The van der Waals surface area contributed by atoms with Gasteiger partial charge in [0.05, 0.1) is 16.8 Å². The number of amides is 1. The zero-order valence-electron chi connectivity index (χ0n) is 13.9. The van der Waals surface area contributed by atoms with Crippen molar-refractivity contribution in [2.75, 3.05) is 11.1 Å².